The third kappa shape index (κ3) is 4.64. The van der Waals surface area contributed by atoms with Gasteiger partial charge in [-0.05, 0) is 55.3 Å². The predicted octanol–water partition coefficient (Wildman–Crippen LogP) is 5.93. The second-order valence-electron chi connectivity index (χ2n) is 6.21. The Kier molecular flexibility index (Phi) is 5.59. The van der Waals surface area contributed by atoms with Crippen LogP contribution in [-0.4, -0.2) is 5.91 Å². The monoisotopic (exact) mass is 365 g/mol. The molecule has 0 saturated carbocycles. The molecule has 0 saturated heterocycles. The van der Waals surface area contributed by atoms with E-state index in [9.17, 15) is 4.79 Å². The van der Waals surface area contributed by atoms with Crippen molar-refractivity contribution < 1.29 is 9.53 Å². The molecule has 1 N–H and O–H groups in total. The van der Waals surface area contributed by atoms with Crippen LogP contribution in [0.1, 0.15) is 16.7 Å². The van der Waals surface area contributed by atoms with E-state index < -0.39 is 0 Å². The molecule has 0 heterocycles. The number of aryl methyl sites for hydroxylation is 2. The van der Waals surface area contributed by atoms with Crippen LogP contribution in [0.4, 0.5) is 5.69 Å². The van der Waals surface area contributed by atoms with Crippen LogP contribution in [0.25, 0.3) is 0 Å². The number of benzene rings is 3. The first-order valence-electron chi connectivity index (χ1n) is 8.40. The summed E-state index contributed by atoms with van der Waals surface area (Å²) in [4.78, 5) is 12.6. The molecule has 0 radical (unpaired) electrons. The van der Waals surface area contributed by atoms with Crippen LogP contribution in [0.15, 0.2) is 66.7 Å². The Morgan fingerprint density at radius 1 is 1.00 bits per heavy atom. The summed E-state index contributed by atoms with van der Waals surface area (Å²) in [5.74, 6) is 1.13. The molecule has 3 aromatic rings. The number of hydrogen-bond acceptors (Lipinski definition) is 2. The standard InChI is InChI=1S/C22H20ClNO2/c1-15-8-9-16(2)17(12-15)13-22(25)24-20-14-18(23)10-11-21(20)26-19-6-4-3-5-7-19/h3-12,14H,13H2,1-2H3,(H,24,25). The van der Waals surface area contributed by atoms with Gasteiger partial charge in [0.05, 0.1) is 12.1 Å². The Morgan fingerprint density at radius 3 is 2.54 bits per heavy atom. The number of ether oxygens (including phenoxy) is 1. The molecule has 0 aliphatic heterocycles. The van der Waals surface area contributed by atoms with E-state index in [2.05, 4.69) is 5.32 Å². The second kappa shape index (κ2) is 8.07. The fourth-order valence-electron chi connectivity index (χ4n) is 2.66. The number of carbonyl (C=O) groups is 1. The maximum absolute atomic E-state index is 12.6. The van der Waals surface area contributed by atoms with Crippen LogP contribution in [0, 0.1) is 13.8 Å². The molecule has 0 aliphatic rings. The lowest BCUT2D eigenvalue weighted by Gasteiger charge is -2.13. The van der Waals surface area contributed by atoms with Crippen LogP contribution >= 0.6 is 11.6 Å². The van der Waals surface area contributed by atoms with Gasteiger partial charge in [0.25, 0.3) is 0 Å². The minimum absolute atomic E-state index is 0.112. The fraction of sp³-hybridized carbons (Fsp3) is 0.136. The lowest BCUT2D eigenvalue weighted by atomic mass is 10.0. The van der Waals surface area contributed by atoms with Crippen LogP contribution in [0.2, 0.25) is 5.02 Å². The number of hydrogen-bond donors (Lipinski definition) is 1. The van der Waals surface area contributed by atoms with E-state index >= 15 is 0 Å². The van der Waals surface area contributed by atoms with Crippen molar-refractivity contribution in [1.29, 1.82) is 0 Å². The number of amides is 1. The highest BCUT2D eigenvalue weighted by atomic mass is 35.5. The van der Waals surface area contributed by atoms with Crippen LogP contribution < -0.4 is 10.1 Å². The lowest BCUT2D eigenvalue weighted by molar-refractivity contribution is -0.115. The average Bonchev–Trinajstić information content (AvgIpc) is 2.61. The van der Waals surface area contributed by atoms with Gasteiger partial charge < -0.3 is 10.1 Å². The molecule has 4 heteroatoms. The highest BCUT2D eigenvalue weighted by molar-refractivity contribution is 6.31. The van der Waals surface area contributed by atoms with Gasteiger partial charge in [-0.15, -0.1) is 0 Å². The van der Waals surface area contributed by atoms with Crippen molar-refractivity contribution in [2.75, 3.05) is 5.32 Å². The van der Waals surface area contributed by atoms with Crippen LogP contribution in [-0.2, 0) is 11.2 Å². The molecule has 0 fully saturated rings. The number of para-hydroxylation sites is 1. The van der Waals surface area contributed by atoms with Crippen LogP contribution in [0.3, 0.4) is 0 Å². The summed E-state index contributed by atoms with van der Waals surface area (Å²) in [7, 11) is 0. The fourth-order valence-corrected chi connectivity index (χ4v) is 2.83. The van der Waals surface area contributed by atoms with E-state index in [0.29, 0.717) is 28.6 Å². The molecule has 0 spiro atoms. The van der Waals surface area contributed by atoms with Gasteiger partial charge in [-0.1, -0.05) is 53.6 Å². The van der Waals surface area contributed by atoms with E-state index in [4.69, 9.17) is 16.3 Å². The summed E-state index contributed by atoms with van der Waals surface area (Å²) >= 11 is 6.10. The zero-order valence-corrected chi connectivity index (χ0v) is 15.5. The number of nitrogens with one attached hydrogen (secondary N) is 1. The van der Waals surface area contributed by atoms with Gasteiger partial charge in [-0.3, -0.25) is 4.79 Å². The van der Waals surface area contributed by atoms with Crippen LogP contribution in [0.5, 0.6) is 11.5 Å². The highest BCUT2D eigenvalue weighted by Crippen LogP contribution is 2.32. The SMILES string of the molecule is Cc1ccc(C)c(CC(=O)Nc2cc(Cl)ccc2Oc2ccccc2)c1. The molecule has 0 unspecified atom stereocenters. The molecule has 3 aromatic carbocycles. The van der Waals surface area contributed by atoms with E-state index in [1.807, 2.05) is 62.4 Å². The van der Waals surface area contributed by atoms with Gasteiger partial charge in [0.15, 0.2) is 5.75 Å². The third-order valence-electron chi connectivity index (χ3n) is 4.04. The van der Waals surface area contributed by atoms with E-state index in [1.54, 1.807) is 18.2 Å². The molecule has 3 rings (SSSR count). The largest absolute Gasteiger partial charge is 0.455 e. The van der Waals surface area contributed by atoms with Crippen molar-refractivity contribution >= 4 is 23.2 Å². The smallest absolute Gasteiger partial charge is 0.228 e. The summed E-state index contributed by atoms with van der Waals surface area (Å²) < 4.78 is 5.89. The molecule has 1 amide bonds. The predicted molar refractivity (Wildman–Crippen MR) is 106 cm³/mol. The average molecular weight is 366 g/mol. The molecular weight excluding hydrogens is 346 g/mol. The number of anilines is 1. The van der Waals surface area contributed by atoms with Crippen molar-refractivity contribution in [1.82, 2.24) is 0 Å². The topological polar surface area (TPSA) is 38.3 Å². The second-order valence-corrected chi connectivity index (χ2v) is 6.65. The maximum Gasteiger partial charge on any atom is 0.228 e. The van der Waals surface area contributed by atoms with E-state index in [0.717, 1.165) is 16.7 Å². The summed E-state index contributed by atoms with van der Waals surface area (Å²) in [5, 5.41) is 3.45. The molecule has 0 atom stereocenters. The highest BCUT2D eigenvalue weighted by Gasteiger charge is 2.12. The zero-order chi connectivity index (χ0) is 18.5. The first kappa shape index (κ1) is 18.0. The van der Waals surface area contributed by atoms with Crippen molar-refractivity contribution in [3.05, 3.63) is 88.4 Å². The van der Waals surface area contributed by atoms with Gasteiger partial charge in [0.1, 0.15) is 5.75 Å². The number of halogens is 1. The van der Waals surface area contributed by atoms with Gasteiger partial charge in [-0.2, -0.15) is 0 Å². The van der Waals surface area contributed by atoms with Gasteiger partial charge in [0, 0.05) is 5.02 Å². The van der Waals surface area contributed by atoms with Crippen molar-refractivity contribution in [2.45, 2.75) is 20.3 Å². The molecule has 3 nitrogen and oxygen atoms in total. The molecule has 132 valence electrons. The zero-order valence-electron chi connectivity index (χ0n) is 14.8. The van der Waals surface area contributed by atoms with E-state index in [1.165, 1.54) is 0 Å². The Balaban J connectivity index is 1.79. The van der Waals surface area contributed by atoms with Crippen molar-refractivity contribution in [3.8, 4) is 11.5 Å². The Labute approximate surface area is 158 Å². The van der Waals surface area contributed by atoms with Gasteiger partial charge in [0.2, 0.25) is 5.91 Å². The summed E-state index contributed by atoms with van der Waals surface area (Å²) in [6, 6.07) is 20.7. The van der Waals surface area contributed by atoms with Gasteiger partial charge in [-0.25, -0.2) is 0 Å². The maximum atomic E-state index is 12.6. The minimum atomic E-state index is -0.112. The molecular formula is C22H20ClNO2. The molecule has 26 heavy (non-hydrogen) atoms. The lowest BCUT2D eigenvalue weighted by Crippen LogP contribution is -2.15. The summed E-state index contributed by atoms with van der Waals surface area (Å²) in [5.41, 5.74) is 3.79. The number of rotatable bonds is 5. The third-order valence-corrected chi connectivity index (χ3v) is 4.28. The summed E-state index contributed by atoms with van der Waals surface area (Å²) in [6.07, 6.45) is 0.296. The Hall–Kier alpha value is -2.78. The van der Waals surface area contributed by atoms with Gasteiger partial charge >= 0.3 is 0 Å². The molecule has 0 aliphatic carbocycles. The minimum Gasteiger partial charge on any atom is -0.455 e. The Bertz CT molecular complexity index is 923. The Morgan fingerprint density at radius 2 is 1.77 bits per heavy atom. The van der Waals surface area contributed by atoms with Crippen molar-refractivity contribution in [2.24, 2.45) is 0 Å². The summed E-state index contributed by atoms with van der Waals surface area (Å²) in [6.45, 7) is 4.02. The molecule has 0 bridgehead atoms. The number of carbonyl (C=O) groups excluding carboxylic acids is 1. The first-order valence-corrected chi connectivity index (χ1v) is 8.77. The molecule has 0 aromatic heterocycles. The van der Waals surface area contributed by atoms with Crippen molar-refractivity contribution in [3.63, 3.8) is 0 Å². The van der Waals surface area contributed by atoms with E-state index in [-0.39, 0.29) is 5.91 Å². The first-order chi connectivity index (χ1) is 12.5. The normalized spacial score (nSPS) is 10.4. The quantitative estimate of drug-likeness (QED) is 0.608.